The lowest BCUT2D eigenvalue weighted by Gasteiger charge is -2.16. The molecule has 112 valence electrons. The molecule has 2 fully saturated rings. The zero-order chi connectivity index (χ0) is 15.0. The van der Waals surface area contributed by atoms with E-state index < -0.39 is 11.9 Å². The number of aliphatic carboxylic acids is 1. The van der Waals surface area contributed by atoms with Crippen LogP contribution < -0.4 is 0 Å². The Bertz CT molecular complexity index is 567. The van der Waals surface area contributed by atoms with E-state index in [4.69, 9.17) is 5.11 Å². The summed E-state index contributed by atoms with van der Waals surface area (Å²) in [5, 5.41) is 18.4. The zero-order valence-electron chi connectivity index (χ0n) is 11.7. The van der Waals surface area contributed by atoms with Crippen molar-refractivity contribution in [3.8, 4) is 0 Å². The van der Waals surface area contributed by atoms with Gasteiger partial charge in [-0.15, -0.1) is 0 Å². The highest BCUT2D eigenvalue weighted by atomic mass is 16.4. The van der Waals surface area contributed by atoms with E-state index in [1.165, 1.54) is 0 Å². The molecular formula is C16H19NO4. The van der Waals surface area contributed by atoms with Crippen LogP contribution in [0.4, 0.5) is 0 Å². The minimum Gasteiger partial charge on any atom is -0.481 e. The average Bonchev–Trinajstić information content (AvgIpc) is 3.20. The Hall–Kier alpha value is -1.88. The van der Waals surface area contributed by atoms with Gasteiger partial charge >= 0.3 is 11.9 Å². The van der Waals surface area contributed by atoms with Crippen LogP contribution in [0.1, 0.15) is 28.8 Å². The minimum absolute atomic E-state index is 0.255. The standard InChI is InChI=1S/C16H19NO4/c18-15(19)12-3-1-2-10(6-12)7-17-8-13(11-4-5-11)14(9-17)16(20)21/h1-3,6,11,13-14H,4-5,7-9H2,(H,18,19)(H,20,21). The molecule has 2 N–H and O–H groups in total. The van der Waals surface area contributed by atoms with E-state index in [0.29, 0.717) is 19.0 Å². The second kappa shape index (κ2) is 5.48. The van der Waals surface area contributed by atoms with Crippen LogP contribution in [0.3, 0.4) is 0 Å². The van der Waals surface area contributed by atoms with Crippen LogP contribution in [0, 0.1) is 17.8 Å². The fourth-order valence-electron chi connectivity index (χ4n) is 3.37. The Morgan fingerprint density at radius 2 is 1.95 bits per heavy atom. The van der Waals surface area contributed by atoms with Crippen LogP contribution in [0.2, 0.25) is 0 Å². The van der Waals surface area contributed by atoms with Crippen molar-refractivity contribution in [2.75, 3.05) is 13.1 Å². The van der Waals surface area contributed by atoms with Crippen molar-refractivity contribution in [3.05, 3.63) is 35.4 Å². The molecule has 5 nitrogen and oxygen atoms in total. The van der Waals surface area contributed by atoms with E-state index in [1.807, 2.05) is 6.07 Å². The van der Waals surface area contributed by atoms with Gasteiger partial charge in [-0.3, -0.25) is 9.69 Å². The second-order valence-electron chi connectivity index (χ2n) is 6.15. The van der Waals surface area contributed by atoms with Crippen LogP contribution >= 0.6 is 0 Å². The lowest BCUT2D eigenvalue weighted by Crippen LogP contribution is -2.24. The van der Waals surface area contributed by atoms with E-state index >= 15 is 0 Å². The van der Waals surface area contributed by atoms with Gasteiger partial charge in [0.2, 0.25) is 0 Å². The number of carboxylic acid groups (broad SMARTS) is 2. The van der Waals surface area contributed by atoms with E-state index in [1.54, 1.807) is 18.2 Å². The molecule has 1 aromatic rings. The molecule has 21 heavy (non-hydrogen) atoms. The molecule has 1 heterocycles. The molecule has 3 rings (SSSR count). The van der Waals surface area contributed by atoms with Crippen LogP contribution in [-0.2, 0) is 11.3 Å². The van der Waals surface area contributed by atoms with Gasteiger partial charge in [-0.1, -0.05) is 12.1 Å². The lowest BCUT2D eigenvalue weighted by atomic mass is 9.92. The van der Waals surface area contributed by atoms with Gasteiger partial charge in [0.1, 0.15) is 0 Å². The van der Waals surface area contributed by atoms with Gasteiger partial charge in [-0.2, -0.15) is 0 Å². The first-order chi connectivity index (χ1) is 10.0. The number of hydrogen-bond acceptors (Lipinski definition) is 3. The maximum atomic E-state index is 11.4. The first kappa shape index (κ1) is 14.1. The average molecular weight is 289 g/mol. The number of carbonyl (C=O) groups is 2. The summed E-state index contributed by atoms with van der Waals surface area (Å²) in [4.78, 5) is 24.5. The SMILES string of the molecule is O=C(O)c1cccc(CN2CC(C(=O)O)C(C3CC3)C2)c1. The quantitative estimate of drug-likeness (QED) is 0.866. The highest BCUT2D eigenvalue weighted by Gasteiger charge is 2.45. The molecule has 0 aromatic heterocycles. The van der Waals surface area contributed by atoms with Crippen molar-refractivity contribution in [2.24, 2.45) is 17.8 Å². The van der Waals surface area contributed by atoms with E-state index in [-0.39, 0.29) is 17.4 Å². The molecule has 0 spiro atoms. The number of rotatable bonds is 5. The number of hydrogen-bond donors (Lipinski definition) is 2. The molecule has 1 saturated heterocycles. The Morgan fingerprint density at radius 1 is 1.19 bits per heavy atom. The molecule has 1 aromatic carbocycles. The first-order valence-electron chi connectivity index (χ1n) is 7.32. The molecule has 5 heteroatoms. The third-order valence-electron chi connectivity index (χ3n) is 4.57. The van der Waals surface area contributed by atoms with Crippen molar-refractivity contribution in [3.63, 3.8) is 0 Å². The molecule has 1 aliphatic carbocycles. The van der Waals surface area contributed by atoms with Gasteiger partial charge in [-0.05, 0) is 42.4 Å². The molecular weight excluding hydrogens is 270 g/mol. The molecule has 0 amide bonds. The largest absolute Gasteiger partial charge is 0.481 e. The number of likely N-dealkylation sites (tertiary alicyclic amines) is 1. The van der Waals surface area contributed by atoms with E-state index in [0.717, 1.165) is 24.9 Å². The fraction of sp³-hybridized carbons (Fsp3) is 0.500. The van der Waals surface area contributed by atoms with Gasteiger partial charge in [-0.25, -0.2) is 4.79 Å². The summed E-state index contributed by atoms with van der Waals surface area (Å²) in [6.07, 6.45) is 2.30. The Balaban J connectivity index is 1.69. The highest BCUT2D eigenvalue weighted by molar-refractivity contribution is 5.87. The molecule has 2 atom stereocenters. The summed E-state index contributed by atoms with van der Waals surface area (Å²) in [6, 6.07) is 6.88. The molecule has 2 aliphatic rings. The highest BCUT2D eigenvalue weighted by Crippen LogP contribution is 2.44. The predicted molar refractivity (Wildman–Crippen MR) is 76.0 cm³/mol. The minimum atomic E-state index is -0.933. The van der Waals surface area contributed by atoms with E-state index in [9.17, 15) is 14.7 Å². The Kier molecular flexibility index (Phi) is 3.68. The number of nitrogens with zero attached hydrogens (tertiary/aromatic N) is 1. The third-order valence-corrected chi connectivity index (χ3v) is 4.57. The monoisotopic (exact) mass is 289 g/mol. The molecule has 2 unspecified atom stereocenters. The maximum absolute atomic E-state index is 11.4. The van der Waals surface area contributed by atoms with Gasteiger partial charge < -0.3 is 10.2 Å². The Labute approximate surface area is 123 Å². The predicted octanol–water partition coefficient (Wildman–Crippen LogP) is 1.93. The van der Waals surface area contributed by atoms with Crippen LogP contribution in [0.5, 0.6) is 0 Å². The van der Waals surface area contributed by atoms with Crippen molar-refractivity contribution < 1.29 is 19.8 Å². The van der Waals surface area contributed by atoms with Gasteiger partial charge in [0.15, 0.2) is 0 Å². The molecule has 1 aliphatic heterocycles. The lowest BCUT2D eigenvalue weighted by molar-refractivity contribution is -0.142. The number of benzene rings is 1. The fourth-order valence-corrected chi connectivity index (χ4v) is 3.37. The van der Waals surface area contributed by atoms with Gasteiger partial charge in [0.25, 0.3) is 0 Å². The Morgan fingerprint density at radius 3 is 2.57 bits per heavy atom. The van der Waals surface area contributed by atoms with Crippen molar-refractivity contribution >= 4 is 11.9 Å². The van der Waals surface area contributed by atoms with Crippen molar-refractivity contribution in [1.29, 1.82) is 0 Å². The van der Waals surface area contributed by atoms with Gasteiger partial charge in [0, 0.05) is 19.6 Å². The number of carboxylic acids is 2. The topological polar surface area (TPSA) is 77.8 Å². The zero-order valence-corrected chi connectivity index (χ0v) is 11.7. The third kappa shape index (κ3) is 3.08. The summed E-state index contributed by atoms with van der Waals surface area (Å²) in [5.74, 6) is -1.09. The maximum Gasteiger partial charge on any atom is 0.335 e. The smallest absolute Gasteiger partial charge is 0.335 e. The van der Waals surface area contributed by atoms with Crippen molar-refractivity contribution in [2.45, 2.75) is 19.4 Å². The van der Waals surface area contributed by atoms with Crippen LogP contribution in [-0.4, -0.2) is 40.1 Å². The molecule has 1 saturated carbocycles. The van der Waals surface area contributed by atoms with Gasteiger partial charge in [0.05, 0.1) is 11.5 Å². The summed E-state index contributed by atoms with van der Waals surface area (Å²) in [5.41, 5.74) is 1.20. The molecule has 0 radical (unpaired) electrons. The second-order valence-corrected chi connectivity index (χ2v) is 6.15. The summed E-state index contributed by atoms with van der Waals surface area (Å²) < 4.78 is 0. The van der Waals surface area contributed by atoms with Crippen LogP contribution in [0.25, 0.3) is 0 Å². The summed E-state index contributed by atoms with van der Waals surface area (Å²) in [6.45, 7) is 1.99. The van der Waals surface area contributed by atoms with Crippen molar-refractivity contribution in [1.82, 2.24) is 4.90 Å². The molecule has 0 bridgehead atoms. The summed E-state index contributed by atoms with van der Waals surface area (Å²) >= 11 is 0. The normalized spacial score (nSPS) is 25.9. The summed E-state index contributed by atoms with van der Waals surface area (Å²) in [7, 11) is 0. The number of aromatic carboxylic acids is 1. The first-order valence-corrected chi connectivity index (χ1v) is 7.32. The van der Waals surface area contributed by atoms with Crippen LogP contribution in [0.15, 0.2) is 24.3 Å². The van der Waals surface area contributed by atoms with E-state index in [2.05, 4.69) is 4.90 Å².